The summed E-state index contributed by atoms with van der Waals surface area (Å²) < 4.78 is 43.6. The topological polar surface area (TPSA) is 75.7 Å². The van der Waals surface area contributed by atoms with E-state index in [1.54, 1.807) is 36.4 Å². The van der Waals surface area contributed by atoms with Gasteiger partial charge < -0.3 is 10.1 Å². The molecule has 0 heterocycles. The van der Waals surface area contributed by atoms with Crippen LogP contribution in [-0.2, 0) is 21.4 Å². The van der Waals surface area contributed by atoms with E-state index in [9.17, 15) is 17.6 Å². The third-order valence-corrected chi connectivity index (χ3v) is 4.83. The van der Waals surface area contributed by atoms with E-state index in [0.717, 1.165) is 17.0 Å². The highest BCUT2D eigenvalue weighted by atomic mass is 32.2. The number of ether oxygens (including phenoxy) is 1. The van der Waals surface area contributed by atoms with Gasteiger partial charge in [0.25, 0.3) is 0 Å². The molecule has 6 nitrogen and oxygen atoms in total. The van der Waals surface area contributed by atoms with Crippen LogP contribution in [0.2, 0.25) is 0 Å². The Morgan fingerprint density at radius 3 is 2.30 bits per heavy atom. The smallest absolute Gasteiger partial charge is 0.241 e. The Labute approximate surface area is 159 Å². The number of hydrogen-bond acceptors (Lipinski definition) is 4. The fraction of sp³-hybridized carbons (Fsp3) is 0.316. The average molecular weight is 394 g/mol. The highest BCUT2D eigenvalue weighted by Crippen LogP contribution is 2.21. The van der Waals surface area contributed by atoms with Crippen molar-refractivity contribution in [2.75, 3.05) is 23.7 Å². The van der Waals surface area contributed by atoms with Crippen molar-refractivity contribution in [1.29, 1.82) is 0 Å². The van der Waals surface area contributed by atoms with E-state index in [4.69, 9.17) is 4.74 Å². The molecule has 27 heavy (non-hydrogen) atoms. The van der Waals surface area contributed by atoms with E-state index in [-0.39, 0.29) is 18.9 Å². The van der Waals surface area contributed by atoms with Gasteiger partial charge in [-0.1, -0.05) is 19.1 Å². The van der Waals surface area contributed by atoms with Crippen LogP contribution in [0.1, 0.15) is 18.9 Å². The van der Waals surface area contributed by atoms with Gasteiger partial charge in [0.05, 0.1) is 18.6 Å². The zero-order valence-electron chi connectivity index (χ0n) is 15.3. The van der Waals surface area contributed by atoms with Gasteiger partial charge in [-0.2, -0.15) is 0 Å². The first-order chi connectivity index (χ1) is 12.8. The average Bonchev–Trinajstić information content (AvgIpc) is 2.63. The molecular weight excluding hydrogens is 371 g/mol. The number of sulfonamides is 1. The van der Waals surface area contributed by atoms with Crippen molar-refractivity contribution >= 4 is 21.6 Å². The molecule has 2 rings (SSSR count). The number of rotatable bonds is 9. The summed E-state index contributed by atoms with van der Waals surface area (Å²) in [5.74, 6) is -0.189. The molecule has 1 N–H and O–H groups in total. The maximum Gasteiger partial charge on any atom is 0.241 e. The van der Waals surface area contributed by atoms with Crippen LogP contribution in [0, 0.1) is 5.82 Å². The van der Waals surface area contributed by atoms with Crippen LogP contribution in [0.3, 0.4) is 0 Å². The van der Waals surface area contributed by atoms with Gasteiger partial charge in [-0.05, 0) is 48.4 Å². The Morgan fingerprint density at radius 1 is 1.11 bits per heavy atom. The number of anilines is 1. The van der Waals surface area contributed by atoms with E-state index < -0.39 is 15.9 Å². The molecule has 2 aromatic rings. The molecule has 1 amide bonds. The molecule has 0 aliphatic rings. The molecule has 0 saturated carbocycles. The summed E-state index contributed by atoms with van der Waals surface area (Å²) in [4.78, 5) is 12.2. The Kier molecular flexibility index (Phi) is 7.18. The fourth-order valence-electron chi connectivity index (χ4n) is 2.32. The summed E-state index contributed by atoms with van der Waals surface area (Å²) in [6.07, 6.45) is 1.91. The molecule has 0 aliphatic carbocycles. The first-order valence-electron chi connectivity index (χ1n) is 8.51. The van der Waals surface area contributed by atoms with Crippen LogP contribution in [0.15, 0.2) is 48.5 Å². The number of nitrogens with one attached hydrogen (secondary N) is 1. The lowest BCUT2D eigenvalue weighted by molar-refractivity contribution is -0.119. The first-order valence-corrected chi connectivity index (χ1v) is 10.4. The molecule has 0 bridgehead atoms. The molecule has 0 unspecified atom stereocenters. The minimum absolute atomic E-state index is 0.181. The number of nitrogens with zero attached hydrogens (tertiary/aromatic N) is 1. The van der Waals surface area contributed by atoms with Crippen LogP contribution in [-0.4, -0.2) is 33.7 Å². The van der Waals surface area contributed by atoms with Crippen molar-refractivity contribution in [3.8, 4) is 5.75 Å². The van der Waals surface area contributed by atoms with Gasteiger partial charge in [-0.3, -0.25) is 9.10 Å². The summed E-state index contributed by atoms with van der Waals surface area (Å²) in [7, 11) is -3.65. The standard InChI is InChI=1S/C19H23FN2O4S/c1-3-12-26-18-10-8-17(9-11-18)22(27(2,24)25)14-19(23)21-13-15-4-6-16(20)7-5-15/h4-11H,3,12-14H2,1-2H3,(H,21,23). The Morgan fingerprint density at radius 2 is 1.74 bits per heavy atom. The van der Waals surface area contributed by atoms with E-state index >= 15 is 0 Å². The Bertz CT molecular complexity index is 852. The van der Waals surface area contributed by atoms with Crippen molar-refractivity contribution < 1.29 is 22.3 Å². The summed E-state index contributed by atoms with van der Waals surface area (Å²) in [5.41, 5.74) is 1.09. The lowest BCUT2D eigenvalue weighted by atomic mass is 10.2. The van der Waals surface area contributed by atoms with E-state index in [2.05, 4.69) is 5.32 Å². The molecule has 0 saturated heterocycles. The van der Waals surface area contributed by atoms with Gasteiger partial charge in [0.15, 0.2) is 0 Å². The van der Waals surface area contributed by atoms with Crippen molar-refractivity contribution in [2.45, 2.75) is 19.9 Å². The van der Waals surface area contributed by atoms with Gasteiger partial charge in [0, 0.05) is 6.54 Å². The molecule has 0 aliphatic heterocycles. The SMILES string of the molecule is CCCOc1ccc(N(CC(=O)NCc2ccc(F)cc2)S(C)(=O)=O)cc1. The highest BCUT2D eigenvalue weighted by molar-refractivity contribution is 7.92. The van der Waals surface area contributed by atoms with Crippen LogP contribution in [0.25, 0.3) is 0 Å². The van der Waals surface area contributed by atoms with Crippen molar-refractivity contribution in [3.63, 3.8) is 0 Å². The molecule has 0 radical (unpaired) electrons. The number of benzene rings is 2. The lowest BCUT2D eigenvalue weighted by Crippen LogP contribution is -2.40. The lowest BCUT2D eigenvalue weighted by Gasteiger charge is -2.22. The Balaban J connectivity index is 2.03. The second kappa shape index (κ2) is 9.36. The highest BCUT2D eigenvalue weighted by Gasteiger charge is 2.20. The summed E-state index contributed by atoms with van der Waals surface area (Å²) in [5, 5.41) is 2.64. The molecule has 0 atom stereocenters. The second-order valence-electron chi connectivity index (χ2n) is 6.02. The van der Waals surface area contributed by atoms with Crippen LogP contribution in [0.5, 0.6) is 5.75 Å². The maximum absolute atomic E-state index is 12.9. The largest absolute Gasteiger partial charge is 0.494 e. The van der Waals surface area contributed by atoms with Gasteiger partial charge in [-0.25, -0.2) is 12.8 Å². The second-order valence-corrected chi connectivity index (χ2v) is 7.92. The van der Waals surface area contributed by atoms with E-state index in [1.807, 2.05) is 6.92 Å². The monoisotopic (exact) mass is 394 g/mol. The van der Waals surface area contributed by atoms with Crippen LogP contribution >= 0.6 is 0 Å². The fourth-order valence-corrected chi connectivity index (χ4v) is 3.17. The normalized spacial score (nSPS) is 11.1. The Hall–Kier alpha value is -2.61. The van der Waals surface area contributed by atoms with Gasteiger partial charge in [0.1, 0.15) is 18.1 Å². The number of hydrogen-bond donors (Lipinski definition) is 1. The zero-order valence-corrected chi connectivity index (χ0v) is 16.1. The predicted molar refractivity (Wildman–Crippen MR) is 103 cm³/mol. The van der Waals surface area contributed by atoms with Gasteiger partial charge >= 0.3 is 0 Å². The molecule has 146 valence electrons. The predicted octanol–water partition coefficient (Wildman–Crippen LogP) is 2.70. The first kappa shape index (κ1) is 20.7. The quantitative estimate of drug-likeness (QED) is 0.710. The number of halogens is 1. The maximum atomic E-state index is 12.9. The van der Waals surface area contributed by atoms with E-state index in [0.29, 0.717) is 23.6 Å². The minimum Gasteiger partial charge on any atom is -0.494 e. The zero-order chi connectivity index (χ0) is 19.9. The number of carbonyl (C=O) groups is 1. The number of amides is 1. The van der Waals surface area contributed by atoms with Crippen LogP contribution < -0.4 is 14.4 Å². The molecule has 0 aromatic heterocycles. The minimum atomic E-state index is -3.65. The molecule has 8 heteroatoms. The van der Waals surface area contributed by atoms with E-state index in [1.165, 1.54) is 12.1 Å². The molecule has 0 fully saturated rings. The molecule has 0 spiro atoms. The third-order valence-electron chi connectivity index (χ3n) is 3.69. The van der Waals surface area contributed by atoms with Crippen molar-refractivity contribution in [2.24, 2.45) is 0 Å². The van der Waals surface area contributed by atoms with Gasteiger partial charge in [0.2, 0.25) is 15.9 Å². The summed E-state index contributed by atoms with van der Waals surface area (Å²) >= 11 is 0. The van der Waals surface area contributed by atoms with Gasteiger partial charge in [-0.15, -0.1) is 0 Å². The molecule has 2 aromatic carbocycles. The third kappa shape index (κ3) is 6.56. The number of carbonyl (C=O) groups excluding carboxylic acids is 1. The van der Waals surface area contributed by atoms with Crippen molar-refractivity contribution in [3.05, 3.63) is 59.9 Å². The summed E-state index contributed by atoms with van der Waals surface area (Å²) in [6.45, 7) is 2.39. The summed E-state index contributed by atoms with van der Waals surface area (Å²) in [6, 6.07) is 12.2. The van der Waals surface area contributed by atoms with Crippen LogP contribution in [0.4, 0.5) is 10.1 Å². The molecular formula is C19H23FN2O4S. The van der Waals surface area contributed by atoms with Crippen molar-refractivity contribution in [1.82, 2.24) is 5.32 Å².